The van der Waals surface area contributed by atoms with Crippen molar-refractivity contribution in [3.05, 3.63) is 12.7 Å². The third kappa shape index (κ3) is 3.24. The average Bonchev–Trinajstić information content (AvgIpc) is 2.36. The summed E-state index contributed by atoms with van der Waals surface area (Å²) >= 11 is 0. The Morgan fingerprint density at radius 3 is 2.26 bits per heavy atom. The van der Waals surface area contributed by atoms with Crippen molar-refractivity contribution in [3.63, 3.8) is 0 Å². The van der Waals surface area contributed by atoms with Crippen molar-refractivity contribution in [2.24, 2.45) is 5.92 Å². The van der Waals surface area contributed by atoms with Crippen molar-refractivity contribution < 1.29 is 29.3 Å². The molecule has 0 aliphatic heterocycles. The lowest BCUT2D eigenvalue weighted by molar-refractivity contribution is -0.158. The van der Waals surface area contributed by atoms with Crippen molar-refractivity contribution in [2.45, 2.75) is 25.8 Å². The van der Waals surface area contributed by atoms with E-state index < -0.39 is 29.5 Å². The van der Waals surface area contributed by atoms with Crippen LogP contribution in [-0.2, 0) is 14.3 Å². The third-order valence-electron chi connectivity index (χ3n) is 2.94. The number of rotatable bonds is 7. The van der Waals surface area contributed by atoms with E-state index in [-0.39, 0.29) is 6.61 Å². The summed E-state index contributed by atoms with van der Waals surface area (Å²) in [7, 11) is 1.17. The van der Waals surface area contributed by atoms with Crippen molar-refractivity contribution in [1.82, 2.24) is 4.90 Å². The van der Waals surface area contributed by atoms with E-state index in [0.717, 1.165) is 11.0 Å². The first kappa shape index (κ1) is 16.9. The van der Waals surface area contributed by atoms with E-state index in [0.29, 0.717) is 6.42 Å². The Bertz CT molecular complexity index is 380. The maximum absolute atomic E-state index is 11.7. The van der Waals surface area contributed by atoms with Crippen LogP contribution in [-0.4, -0.2) is 52.3 Å². The molecule has 0 aliphatic carbocycles. The minimum atomic E-state index is -2.06. The smallest absolute Gasteiger partial charge is 0.410 e. The van der Waals surface area contributed by atoms with E-state index in [4.69, 9.17) is 9.84 Å². The molecule has 0 saturated heterocycles. The normalized spacial score (nSPS) is 14.9. The highest BCUT2D eigenvalue weighted by atomic mass is 16.6. The highest BCUT2D eigenvalue weighted by Gasteiger charge is 2.50. The fraction of sp³-hybridized carbons (Fsp3) is 0.583. The first-order chi connectivity index (χ1) is 8.75. The van der Waals surface area contributed by atoms with Gasteiger partial charge in [0.05, 0.1) is 12.5 Å². The van der Waals surface area contributed by atoms with Gasteiger partial charge in [0.25, 0.3) is 0 Å². The van der Waals surface area contributed by atoms with E-state index in [1.807, 2.05) is 0 Å². The lowest BCUT2D eigenvalue weighted by Gasteiger charge is -2.37. The van der Waals surface area contributed by atoms with Crippen LogP contribution in [0.1, 0.15) is 20.3 Å². The number of carboxylic acid groups (broad SMARTS) is 2. The molecule has 0 radical (unpaired) electrons. The van der Waals surface area contributed by atoms with E-state index in [1.54, 1.807) is 6.92 Å². The van der Waals surface area contributed by atoms with E-state index >= 15 is 0 Å². The van der Waals surface area contributed by atoms with Crippen LogP contribution in [0.4, 0.5) is 4.79 Å². The summed E-state index contributed by atoms with van der Waals surface area (Å²) in [4.78, 5) is 35.0. The van der Waals surface area contributed by atoms with Crippen LogP contribution >= 0.6 is 0 Å². The fourth-order valence-corrected chi connectivity index (χ4v) is 1.65. The molecule has 0 heterocycles. The van der Waals surface area contributed by atoms with Gasteiger partial charge in [-0.3, -0.25) is 9.69 Å². The average molecular weight is 273 g/mol. The molecule has 0 aromatic rings. The Morgan fingerprint density at radius 2 is 1.95 bits per heavy atom. The lowest BCUT2D eigenvalue weighted by atomic mass is 9.84. The molecule has 108 valence electrons. The standard InChI is InChI=1S/C12H19NO6/c1-5-7-19-11(18)13(4)12(6-2,10(16)17)8(3)9(14)15/h6,8H,2,5,7H2,1,3-4H3,(H,14,15)(H,16,17). The second-order valence-electron chi connectivity index (χ2n) is 4.07. The van der Waals surface area contributed by atoms with Crippen LogP contribution in [0.25, 0.3) is 0 Å². The van der Waals surface area contributed by atoms with Gasteiger partial charge in [0.2, 0.25) is 0 Å². The maximum atomic E-state index is 11.7. The predicted octanol–water partition coefficient (Wildman–Crippen LogP) is 1.19. The summed E-state index contributed by atoms with van der Waals surface area (Å²) < 4.78 is 4.82. The van der Waals surface area contributed by atoms with Crippen molar-refractivity contribution in [3.8, 4) is 0 Å². The highest BCUT2D eigenvalue weighted by molar-refractivity contribution is 5.92. The molecule has 19 heavy (non-hydrogen) atoms. The zero-order valence-electron chi connectivity index (χ0n) is 11.3. The first-order valence-corrected chi connectivity index (χ1v) is 5.76. The van der Waals surface area contributed by atoms with Crippen molar-refractivity contribution >= 4 is 18.0 Å². The number of carbonyl (C=O) groups is 3. The Morgan fingerprint density at radius 1 is 1.42 bits per heavy atom. The molecule has 0 aromatic carbocycles. The first-order valence-electron chi connectivity index (χ1n) is 5.76. The van der Waals surface area contributed by atoms with Gasteiger partial charge in [0.15, 0.2) is 5.54 Å². The number of carbonyl (C=O) groups excluding carboxylic acids is 1. The van der Waals surface area contributed by atoms with Gasteiger partial charge in [0.1, 0.15) is 0 Å². The second kappa shape index (κ2) is 6.77. The maximum Gasteiger partial charge on any atom is 0.410 e. The molecule has 0 rings (SSSR count). The number of aliphatic carboxylic acids is 2. The topological polar surface area (TPSA) is 104 Å². The molecule has 0 spiro atoms. The molecule has 0 fully saturated rings. The molecule has 0 bridgehead atoms. The van der Waals surface area contributed by atoms with E-state index in [2.05, 4.69) is 6.58 Å². The van der Waals surface area contributed by atoms with Gasteiger partial charge in [-0.05, 0) is 13.3 Å². The number of nitrogens with zero attached hydrogens (tertiary/aromatic N) is 1. The van der Waals surface area contributed by atoms with Crippen LogP contribution in [0.5, 0.6) is 0 Å². The Balaban J connectivity index is 5.47. The van der Waals surface area contributed by atoms with Gasteiger partial charge < -0.3 is 14.9 Å². The monoisotopic (exact) mass is 273 g/mol. The summed E-state index contributed by atoms with van der Waals surface area (Å²) in [5.74, 6) is -4.20. The quantitative estimate of drug-likeness (QED) is 0.675. The number of hydrogen-bond acceptors (Lipinski definition) is 4. The minimum absolute atomic E-state index is 0.122. The molecule has 7 nitrogen and oxygen atoms in total. The van der Waals surface area contributed by atoms with Crippen LogP contribution in [0.2, 0.25) is 0 Å². The number of carboxylic acids is 2. The summed E-state index contributed by atoms with van der Waals surface area (Å²) in [5, 5.41) is 18.3. The second-order valence-corrected chi connectivity index (χ2v) is 4.07. The highest BCUT2D eigenvalue weighted by Crippen LogP contribution is 2.27. The molecule has 2 unspecified atom stereocenters. The van der Waals surface area contributed by atoms with Gasteiger partial charge in [-0.15, -0.1) is 6.58 Å². The molecule has 2 N–H and O–H groups in total. The van der Waals surface area contributed by atoms with E-state index in [1.165, 1.54) is 14.0 Å². The summed E-state index contributed by atoms with van der Waals surface area (Å²) in [6.45, 7) is 6.45. The molecule has 0 saturated carbocycles. The zero-order valence-corrected chi connectivity index (χ0v) is 11.3. The van der Waals surface area contributed by atoms with Crippen molar-refractivity contribution in [1.29, 1.82) is 0 Å². The third-order valence-corrected chi connectivity index (χ3v) is 2.94. The Kier molecular flexibility index (Phi) is 6.04. The molecular weight excluding hydrogens is 254 g/mol. The van der Waals surface area contributed by atoms with Crippen LogP contribution in [0, 0.1) is 5.92 Å². The molecule has 0 aliphatic rings. The number of amides is 1. The molecule has 1 amide bonds. The summed E-state index contributed by atoms with van der Waals surface area (Å²) in [6.07, 6.45) is 0.598. The predicted molar refractivity (Wildman–Crippen MR) is 66.8 cm³/mol. The number of likely N-dealkylation sites (N-methyl/N-ethyl adjacent to an activating group) is 1. The fourth-order valence-electron chi connectivity index (χ4n) is 1.65. The lowest BCUT2D eigenvalue weighted by Crippen LogP contribution is -2.59. The number of hydrogen-bond donors (Lipinski definition) is 2. The minimum Gasteiger partial charge on any atom is -0.481 e. The van der Waals surface area contributed by atoms with Gasteiger partial charge in [0, 0.05) is 7.05 Å². The molecule has 2 atom stereocenters. The Hall–Kier alpha value is -2.05. The SMILES string of the molecule is C=CC(C(=O)O)(C(C)C(=O)O)N(C)C(=O)OCCC. The summed E-state index contributed by atoms with van der Waals surface area (Å²) in [6, 6.07) is 0. The van der Waals surface area contributed by atoms with Gasteiger partial charge in [-0.25, -0.2) is 9.59 Å². The summed E-state index contributed by atoms with van der Waals surface area (Å²) in [5.41, 5.74) is -2.06. The van der Waals surface area contributed by atoms with Crippen LogP contribution < -0.4 is 0 Å². The Labute approximate surface area is 111 Å². The zero-order chi connectivity index (χ0) is 15.2. The number of ether oxygens (including phenoxy) is 1. The van der Waals surface area contributed by atoms with Gasteiger partial charge in [-0.2, -0.15) is 0 Å². The van der Waals surface area contributed by atoms with Crippen LogP contribution in [0.15, 0.2) is 12.7 Å². The molecular formula is C12H19NO6. The van der Waals surface area contributed by atoms with E-state index in [9.17, 15) is 19.5 Å². The molecule has 7 heteroatoms. The largest absolute Gasteiger partial charge is 0.481 e. The van der Waals surface area contributed by atoms with Crippen molar-refractivity contribution in [2.75, 3.05) is 13.7 Å². The molecule has 0 aromatic heterocycles. The van der Waals surface area contributed by atoms with Gasteiger partial charge >= 0.3 is 18.0 Å². The van der Waals surface area contributed by atoms with Crippen LogP contribution in [0.3, 0.4) is 0 Å². The van der Waals surface area contributed by atoms with Gasteiger partial charge in [-0.1, -0.05) is 13.0 Å².